The van der Waals surface area contributed by atoms with Crippen LogP contribution >= 0.6 is 24.8 Å². The maximum Gasteiger partial charge on any atom is 0.221 e. The second-order valence-electron chi connectivity index (χ2n) is 6.70. The predicted octanol–water partition coefficient (Wildman–Crippen LogP) is 0.739. The molecule has 3 rings (SSSR count). The molecule has 0 bridgehead atoms. The summed E-state index contributed by atoms with van der Waals surface area (Å²) in [4.78, 5) is 16.7. The zero-order chi connectivity index (χ0) is 16.8. The van der Waals surface area contributed by atoms with Crippen LogP contribution in [0.2, 0.25) is 0 Å². The molecule has 0 aliphatic carbocycles. The van der Waals surface area contributed by atoms with Crippen LogP contribution in [0.25, 0.3) is 0 Å². The fraction of sp³-hybridized carbons (Fsp3) is 0.611. The summed E-state index contributed by atoms with van der Waals surface area (Å²) in [5.41, 5.74) is 1.28. The van der Waals surface area contributed by atoms with Crippen LogP contribution < -0.4 is 15.5 Å². The molecule has 2 heterocycles. The van der Waals surface area contributed by atoms with Gasteiger partial charge in [-0.05, 0) is 12.1 Å². The molecule has 0 spiro atoms. The van der Waals surface area contributed by atoms with E-state index in [4.69, 9.17) is 0 Å². The molecule has 1 aromatic carbocycles. The van der Waals surface area contributed by atoms with Crippen molar-refractivity contribution in [1.29, 1.82) is 0 Å². The van der Waals surface area contributed by atoms with Crippen molar-refractivity contribution >= 4 is 36.4 Å². The highest BCUT2D eigenvalue weighted by atomic mass is 35.5. The Hall–Kier alpha value is -1.05. The fourth-order valence-electron chi connectivity index (χ4n) is 3.39. The van der Waals surface area contributed by atoms with Gasteiger partial charge in [0.15, 0.2) is 0 Å². The van der Waals surface area contributed by atoms with E-state index >= 15 is 0 Å². The van der Waals surface area contributed by atoms with Crippen molar-refractivity contribution in [2.45, 2.75) is 12.5 Å². The molecule has 26 heavy (non-hydrogen) atoms. The molecule has 2 saturated heterocycles. The molecule has 2 unspecified atom stereocenters. The first-order chi connectivity index (χ1) is 11.7. The van der Waals surface area contributed by atoms with E-state index in [0.717, 1.165) is 39.3 Å². The lowest BCUT2D eigenvalue weighted by Crippen LogP contribution is -2.47. The average Bonchev–Trinajstić information content (AvgIpc) is 3.04. The Kier molecular flexibility index (Phi) is 10.3. The summed E-state index contributed by atoms with van der Waals surface area (Å²) in [7, 11) is 0. The van der Waals surface area contributed by atoms with Gasteiger partial charge in [0.2, 0.25) is 5.91 Å². The number of piperazine rings is 1. The van der Waals surface area contributed by atoms with Crippen molar-refractivity contribution in [3.05, 3.63) is 30.3 Å². The molecule has 6 nitrogen and oxygen atoms in total. The van der Waals surface area contributed by atoms with Gasteiger partial charge in [-0.3, -0.25) is 9.69 Å². The largest absolute Gasteiger partial charge is 0.391 e. The van der Waals surface area contributed by atoms with Crippen LogP contribution in [0.1, 0.15) is 6.42 Å². The van der Waals surface area contributed by atoms with Crippen LogP contribution in [-0.4, -0.2) is 74.4 Å². The van der Waals surface area contributed by atoms with Crippen LogP contribution in [0, 0.1) is 5.92 Å². The number of anilines is 1. The normalized spacial score (nSPS) is 23.0. The van der Waals surface area contributed by atoms with Crippen LogP contribution in [0.4, 0.5) is 5.69 Å². The molecular weight excluding hydrogens is 375 g/mol. The summed E-state index contributed by atoms with van der Waals surface area (Å²) in [6.07, 6.45) is 0.193. The van der Waals surface area contributed by atoms with E-state index in [1.165, 1.54) is 5.69 Å². The first-order valence-electron chi connectivity index (χ1n) is 8.90. The van der Waals surface area contributed by atoms with Gasteiger partial charge in [0.05, 0.1) is 6.10 Å². The minimum atomic E-state index is -0.337. The second-order valence-corrected chi connectivity index (χ2v) is 6.70. The number of nitrogens with zero attached hydrogens (tertiary/aromatic N) is 2. The maximum atomic E-state index is 12.0. The van der Waals surface area contributed by atoms with E-state index in [0.29, 0.717) is 19.5 Å². The molecule has 0 aromatic heterocycles. The summed E-state index contributed by atoms with van der Waals surface area (Å²) in [6.45, 7) is 6.78. The third-order valence-electron chi connectivity index (χ3n) is 5.01. The first-order valence-corrected chi connectivity index (χ1v) is 8.90. The van der Waals surface area contributed by atoms with Gasteiger partial charge in [0.1, 0.15) is 0 Å². The summed E-state index contributed by atoms with van der Waals surface area (Å²) in [6, 6.07) is 10.5. The third-order valence-corrected chi connectivity index (χ3v) is 5.01. The van der Waals surface area contributed by atoms with E-state index < -0.39 is 0 Å². The molecule has 1 aromatic rings. The topological polar surface area (TPSA) is 67.8 Å². The number of rotatable bonds is 6. The molecule has 2 fully saturated rings. The lowest BCUT2D eigenvalue weighted by atomic mass is 10.1. The van der Waals surface area contributed by atoms with Gasteiger partial charge in [-0.1, -0.05) is 18.2 Å². The molecule has 148 valence electrons. The van der Waals surface area contributed by atoms with Gasteiger partial charge >= 0.3 is 0 Å². The predicted molar refractivity (Wildman–Crippen MR) is 110 cm³/mol. The Morgan fingerprint density at radius 1 is 1.12 bits per heavy atom. The molecule has 2 atom stereocenters. The van der Waals surface area contributed by atoms with E-state index in [2.05, 4.69) is 44.7 Å². The quantitative estimate of drug-likeness (QED) is 0.652. The number of amides is 1. The maximum absolute atomic E-state index is 12.0. The zero-order valence-corrected chi connectivity index (χ0v) is 16.6. The highest BCUT2D eigenvalue weighted by Crippen LogP contribution is 2.15. The number of hydrogen-bond donors (Lipinski definition) is 3. The van der Waals surface area contributed by atoms with E-state index in [-0.39, 0.29) is 42.7 Å². The van der Waals surface area contributed by atoms with Crippen molar-refractivity contribution in [1.82, 2.24) is 15.5 Å². The minimum Gasteiger partial charge on any atom is -0.391 e. The fourth-order valence-corrected chi connectivity index (χ4v) is 3.39. The SMILES string of the molecule is Cl.Cl.O=C(CCN1CCN(c2ccccc2)CC1)NCC1CNCC1O. The number of para-hydroxylation sites is 1. The van der Waals surface area contributed by atoms with Crippen molar-refractivity contribution in [3.63, 3.8) is 0 Å². The Balaban J connectivity index is 0.00000169. The molecule has 0 saturated carbocycles. The van der Waals surface area contributed by atoms with Crippen molar-refractivity contribution in [2.24, 2.45) is 5.92 Å². The Bertz CT molecular complexity index is 527. The van der Waals surface area contributed by atoms with Crippen molar-refractivity contribution < 1.29 is 9.90 Å². The summed E-state index contributed by atoms with van der Waals surface area (Å²) in [5.74, 6) is 0.225. The van der Waals surface area contributed by atoms with Crippen LogP contribution in [0.3, 0.4) is 0 Å². The zero-order valence-electron chi connectivity index (χ0n) is 15.0. The van der Waals surface area contributed by atoms with Crippen LogP contribution in [0.5, 0.6) is 0 Å². The van der Waals surface area contributed by atoms with Crippen LogP contribution in [-0.2, 0) is 4.79 Å². The van der Waals surface area contributed by atoms with Gasteiger partial charge in [0.25, 0.3) is 0 Å². The number of carbonyl (C=O) groups excluding carboxylic acids is 1. The number of carbonyl (C=O) groups is 1. The van der Waals surface area contributed by atoms with Gasteiger partial charge in [-0.2, -0.15) is 0 Å². The monoisotopic (exact) mass is 404 g/mol. The molecule has 2 aliphatic heterocycles. The lowest BCUT2D eigenvalue weighted by molar-refractivity contribution is -0.121. The molecule has 3 N–H and O–H groups in total. The average molecular weight is 405 g/mol. The van der Waals surface area contributed by atoms with Crippen LogP contribution in [0.15, 0.2) is 30.3 Å². The summed E-state index contributed by atoms with van der Waals surface area (Å²) < 4.78 is 0. The first kappa shape index (κ1) is 23.0. The van der Waals surface area contributed by atoms with Gasteiger partial charge < -0.3 is 20.6 Å². The smallest absolute Gasteiger partial charge is 0.221 e. The Morgan fingerprint density at radius 2 is 1.81 bits per heavy atom. The molecular formula is C18H30Cl2N4O2. The van der Waals surface area contributed by atoms with Gasteiger partial charge in [-0.25, -0.2) is 0 Å². The van der Waals surface area contributed by atoms with E-state index in [9.17, 15) is 9.90 Å². The summed E-state index contributed by atoms with van der Waals surface area (Å²) in [5, 5.41) is 15.8. The van der Waals surface area contributed by atoms with Crippen molar-refractivity contribution in [2.75, 3.05) is 57.3 Å². The highest BCUT2D eigenvalue weighted by Gasteiger charge is 2.25. The number of β-amino-alcohol motifs (C(OH)–C–C–N with tert-alkyl or cyclic N) is 1. The third kappa shape index (κ3) is 6.59. The number of halogens is 2. The van der Waals surface area contributed by atoms with Crippen molar-refractivity contribution in [3.8, 4) is 0 Å². The molecule has 2 aliphatic rings. The number of aliphatic hydroxyl groups excluding tert-OH is 1. The number of hydrogen-bond acceptors (Lipinski definition) is 5. The Morgan fingerprint density at radius 3 is 2.42 bits per heavy atom. The highest BCUT2D eigenvalue weighted by molar-refractivity contribution is 5.85. The standard InChI is InChI=1S/C18H28N4O2.2ClH/c23-17-14-19-12-15(17)13-20-18(24)6-7-21-8-10-22(11-9-21)16-4-2-1-3-5-16;;/h1-5,15,17,19,23H,6-14H2,(H,20,24);2*1H. The minimum absolute atomic E-state index is 0. The van der Waals surface area contributed by atoms with Gasteiger partial charge in [-0.15, -0.1) is 24.8 Å². The second kappa shape index (κ2) is 11.6. The molecule has 0 radical (unpaired) electrons. The van der Waals surface area contributed by atoms with Gasteiger partial charge in [0, 0.05) is 70.4 Å². The lowest BCUT2D eigenvalue weighted by Gasteiger charge is -2.36. The van der Waals surface area contributed by atoms with E-state index in [1.54, 1.807) is 0 Å². The number of benzene rings is 1. The molecule has 8 heteroatoms. The number of nitrogens with one attached hydrogen (secondary N) is 2. The summed E-state index contributed by atoms with van der Waals surface area (Å²) >= 11 is 0. The Labute approximate surface area is 168 Å². The van der Waals surface area contributed by atoms with E-state index in [1.807, 2.05) is 6.07 Å². The number of aliphatic hydroxyl groups is 1. The molecule has 1 amide bonds.